The van der Waals surface area contributed by atoms with E-state index in [-0.39, 0.29) is 0 Å². The molecule has 2 heterocycles. The van der Waals surface area contributed by atoms with E-state index in [1.165, 1.54) is 17.7 Å². The van der Waals surface area contributed by atoms with Crippen molar-refractivity contribution < 1.29 is 0 Å². The largest absolute Gasteiger partial charge is 0.385 e. The summed E-state index contributed by atoms with van der Waals surface area (Å²) in [4.78, 5) is 0. The average Bonchev–Trinajstić information content (AvgIpc) is 2.80. The van der Waals surface area contributed by atoms with Crippen LogP contribution in [0.25, 0.3) is 5.65 Å². The maximum absolute atomic E-state index is 4.48. The molecule has 0 amide bonds. The van der Waals surface area contributed by atoms with Gasteiger partial charge >= 0.3 is 0 Å². The maximum Gasteiger partial charge on any atom is 0.200 e. The highest BCUT2D eigenvalue weighted by Crippen LogP contribution is 2.29. The predicted molar refractivity (Wildman–Crippen MR) is 52.4 cm³/mol. The van der Waals surface area contributed by atoms with Crippen LogP contribution in [0.2, 0.25) is 0 Å². The van der Waals surface area contributed by atoms with Gasteiger partial charge in [0.2, 0.25) is 5.65 Å². The number of aryl methyl sites for hydroxylation is 1. The molecule has 1 aliphatic rings. The zero-order chi connectivity index (χ0) is 9.54. The molecule has 0 atom stereocenters. The first-order valence-electron chi connectivity index (χ1n) is 4.79. The Balaban J connectivity index is 2.40. The molecule has 72 valence electrons. The number of aromatic nitrogens is 4. The van der Waals surface area contributed by atoms with Crippen LogP contribution in [0, 0.1) is 0 Å². The minimum Gasteiger partial charge on any atom is -0.385 e. The van der Waals surface area contributed by atoms with Gasteiger partial charge in [0.15, 0.2) is 0 Å². The molecule has 14 heavy (non-hydrogen) atoms. The van der Waals surface area contributed by atoms with Crippen molar-refractivity contribution in [2.75, 3.05) is 12.4 Å². The number of nitrogens with zero attached hydrogens (tertiary/aromatic N) is 4. The molecule has 1 N–H and O–H groups in total. The Bertz CT molecular complexity index is 487. The summed E-state index contributed by atoms with van der Waals surface area (Å²) >= 11 is 0. The van der Waals surface area contributed by atoms with Gasteiger partial charge in [0.1, 0.15) is 6.33 Å². The van der Waals surface area contributed by atoms with E-state index in [9.17, 15) is 0 Å². The highest BCUT2D eigenvalue weighted by atomic mass is 15.3. The minimum absolute atomic E-state index is 0.827. The van der Waals surface area contributed by atoms with Crippen LogP contribution in [0.3, 0.4) is 0 Å². The second-order valence-electron chi connectivity index (χ2n) is 3.50. The molecule has 0 bridgehead atoms. The summed E-state index contributed by atoms with van der Waals surface area (Å²) in [5.41, 5.74) is 4.41. The van der Waals surface area contributed by atoms with Gasteiger partial charge in [0.25, 0.3) is 0 Å². The van der Waals surface area contributed by atoms with E-state index in [0.717, 1.165) is 24.2 Å². The van der Waals surface area contributed by atoms with E-state index >= 15 is 0 Å². The van der Waals surface area contributed by atoms with E-state index in [1.807, 2.05) is 7.05 Å². The third kappa shape index (κ3) is 0.865. The highest BCUT2D eigenvalue weighted by Gasteiger charge is 2.19. The van der Waals surface area contributed by atoms with Crippen LogP contribution in [0.5, 0.6) is 0 Å². The number of nitrogens with one attached hydrogen (secondary N) is 1. The first kappa shape index (κ1) is 7.73. The van der Waals surface area contributed by atoms with Crippen molar-refractivity contribution in [2.24, 2.45) is 0 Å². The Morgan fingerprint density at radius 1 is 1.43 bits per heavy atom. The Kier molecular flexibility index (Phi) is 1.47. The Hall–Kier alpha value is -1.65. The summed E-state index contributed by atoms with van der Waals surface area (Å²) in [6, 6.07) is 0. The fraction of sp³-hybridized carbons (Fsp3) is 0.444. The molecular weight excluding hydrogens is 178 g/mol. The molecule has 2 aromatic heterocycles. The number of rotatable bonds is 1. The van der Waals surface area contributed by atoms with Gasteiger partial charge in [-0.1, -0.05) is 0 Å². The van der Waals surface area contributed by atoms with Gasteiger partial charge in [-0.15, -0.1) is 10.2 Å². The molecule has 0 radical (unpaired) electrons. The van der Waals surface area contributed by atoms with Crippen molar-refractivity contribution in [1.29, 1.82) is 0 Å². The van der Waals surface area contributed by atoms with Gasteiger partial charge in [0, 0.05) is 12.6 Å². The van der Waals surface area contributed by atoms with Crippen LogP contribution in [-0.4, -0.2) is 26.9 Å². The third-order valence-corrected chi connectivity index (χ3v) is 2.72. The first-order valence-corrected chi connectivity index (χ1v) is 4.79. The standard InChI is InChI=1S/C9H11N5/c1-10-8-6-3-2-4-7(6)13-14-5-11-12-9(8)14/h5,10H,2-4H2,1H3. The summed E-state index contributed by atoms with van der Waals surface area (Å²) < 4.78 is 1.75. The second-order valence-corrected chi connectivity index (χ2v) is 3.50. The van der Waals surface area contributed by atoms with Crippen LogP contribution >= 0.6 is 0 Å². The van der Waals surface area contributed by atoms with Crippen LogP contribution in [0.15, 0.2) is 6.33 Å². The van der Waals surface area contributed by atoms with Gasteiger partial charge in [-0.2, -0.15) is 9.61 Å². The molecule has 0 aromatic carbocycles. The molecule has 0 fully saturated rings. The second kappa shape index (κ2) is 2.67. The van der Waals surface area contributed by atoms with Crippen molar-refractivity contribution in [3.63, 3.8) is 0 Å². The summed E-state index contributed by atoms with van der Waals surface area (Å²) in [7, 11) is 1.92. The Morgan fingerprint density at radius 2 is 2.36 bits per heavy atom. The lowest BCUT2D eigenvalue weighted by Gasteiger charge is -2.07. The van der Waals surface area contributed by atoms with Gasteiger partial charge in [-0.05, 0) is 19.3 Å². The summed E-state index contributed by atoms with van der Waals surface area (Å²) in [5.74, 6) is 0. The number of hydrogen-bond donors (Lipinski definition) is 1. The smallest absolute Gasteiger partial charge is 0.200 e. The first-order chi connectivity index (χ1) is 6.90. The van der Waals surface area contributed by atoms with E-state index in [4.69, 9.17) is 0 Å². The van der Waals surface area contributed by atoms with Crippen LogP contribution in [0.4, 0.5) is 5.69 Å². The lowest BCUT2D eigenvalue weighted by Crippen LogP contribution is -2.03. The van der Waals surface area contributed by atoms with E-state index in [2.05, 4.69) is 20.6 Å². The van der Waals surface area contributed by atoms with E-state index in [1.54, 1.807) is 10.8 Å². The molecule has 0 saturated carbocycles. The maximum atomic E-state index is 4.48. The topological polar surface area (TPSA) is 55.1 Å². The minimum atomic E-state index is 0.827. The molecule has 3 rings (SSSR count). The summed E-state index contributed by atoms with van der Waals surface area (Å²) in [6.07, 6.45) is 5.01. The zero-order valence-corrected chi connectivity index (χ0v) is 7.99. The van der Waals surface area contributed by atoms with Crippen LogP contribution < -0.4 is 5.32 Å². The average molecular weight is 189 g/mol. The van der Waals surface area contributed by atoms with Crippen LogP contribution in [-0.2, 0) is 12.8 Å². The van der Waals surface area contributed by atoms with Crippen molar-refractivity contribution >= 4 is 11.3 Å². The molecular formula is C9H11N5. The zero-order valence-electron chi connectivity index (χ0n) is 7.99. The highest BCUT2D eigenvalue weighted by molar-refractivity contribution is 5.71. The van der Waals surface area contributed by atoms with E-state index < -0.39 is 0 Å². The Morgan fingerprint density at radius 3 is 3.21 bits per heavy atom. The molecule has 0 spiro atoms. The van der Waals surface area contributed by atoms with Crippen molar-refractivity contribution in [3.8, 4) is 0 Å². The quantitative estimate of drug-likeness (QED) is 0.715. The molecule has 5 heteroatoms. The fourth-order valence-corrected chi connectivity index (χ4v) is 2.10. The normalized spacial score (nSPS) is 14.6. The molecule has 2 aromatic rings. The molecule has 1 aliphatic carbocycles. The van der Waals surface area contributed by atoms with Gasteiger partial charge < -0.3 is 5.32 Å². The van der Waals surface area contributed by atoms with Gasteiger partial charge in [-0.3, -0.25) is 0 Å². The molecule has 5 nitrogen and oxygen atoms in total. The third-order valence-electron chi connectivity index (χ3n) is 2.72. The lowest BCUT2D eigenvalue weighted by molar-refractivity contribution is 0.844. The predicted octanol–water partition coefficient (Wildman–Crippen LogP) is 0.655. The molecule has 0 aliphatic heterocycles. The van der Waals surface area contributed by atoms with Crippen LogP contribution in [0.1, 0.15) is 17.7 Å². The molecule has 0 unspecified atom stereocenters. The molecule has 0 saturated heterocycles. The van der Waals surface area contributed by atoms with E-state index in [0.29, 0.717) is 0 Å². The van der Waals surface area contributed by atoms with Gasteiger partial charge in [0.05, 0.1) is 11.4 Å². The number of fused-ring (bicyclic) bond motifs is 2. The van der Waals surface area contributed by atoms with Crippen molar-refractivity contribution in [1.82, 2.24) is 19.8 Å². The van der Waals surface area contributed by atoms with Gasteiger partial charge in [-0.25, -0.2) is 0 Å². The summed E-state index contributed by atoms with van der Waals surface area (Å²) in [5, 5.41) is 15.6. The number of hydrogen-bond acceptors (Lipinski definition) is 4. The SMILES string of the molecule is CNc1c2c(nn3cnnc13)CCC2. The monoisotopic (exact) mass is 189 g/mol. The lowest BCUT2D eigenvalue weighted by atomic mass is 10.2. The fourth-order valence-electron chi connectivity index (χ4n) is 2.10. The number of anilines is 1. The Labute approximate surface area is 81.1 Å². The summed E-state index contributed by atoms with van der Waals surface area (Å²) in [6.45, 7) is 0. The van der Waals surface area contributed by atoms with Crippen molar-refractivity contribution in [2.45, 2.75) is 19.3 Å². The van der Waals surface area contributed by atoms with Crippen molar-refractivity contribution in [3.05, 3.63) is 17.6 Å².